The number of rotatable bonds is 3. The van der Waals surface area contributed by atoms with Gasteiger partial charge in [0.15, 0.2) is 5.69 Å². The molecule has 0 amide bonds. The number of carboxylic acids is 1. The molecule has 2 aromatic rings. The molecular formula is C8H10N6O2. The minimum Gasteiger partial charge on any atom is -0.476 e. The molecule has 0 saturated carbocycles. The van der Waals surface area contributed by atoms with Crippen LogP contribution in [0.2, 0.25) is 0 Å². The lowest BCUT2D eigenvalue weighted by atomic mass is 10.3. The van der Waals surface area contributed by atoms with Crippen molar-refractivity contribution in [2.75, 3.05) is 0 Å². The van der Waals surface area contributed by atoms with Crippen LogP contribution in [0.1, 0.15) is 21.9 Å². The van der Waals surface area contributed by atoms with Crippen molar-refractivity contribution < 1.29 is 9.90 Å². The van der Waals surface area contributed by atoms with E-state index in [0.717, 1.165) is 0 Å². The van der Waals surface area contributed by atoms with Gasteiger partial charge in [0.25, 0.3) is 0 Å². The maximum atomic E-state index is 10.7. The predicted octanol–water partition coefficient (Wildman–Crippen LogP) is -0.538. The molecule has 16 heavy (non-hydrogen) atoms. The van der Waals surface area contributed by atoms with E-state index in [1.54, 1.807) is 24.9 Å². The Bertz CT molecular complexity index is 528. The Morgan fingerprint density at radius 2 is 2.19 bits per heavy atom. The molecule has 2 aromatic heterocycles. The van der Waals surface area contributed by atoms with Gasteiger partial charge in [0, 0.05) is 13.2 Å². The van der Waals surface area contributed by atoms with E-state index in [0.29, 0.717) is 17.9 Å². The molecule has 1 N–H and O–H groups in total. The van der Waals surface area contributed by atoms with E-state index in [2.05, 4.69) is 20.6 Å². The molecule has 0 unspecified atom stereocenters. The highest BCUT2D eigenvalue weighted by Gasteiger charge is 2.15. The first-order chi connectivity index (χ1) is 7.58. The average molecular weight is 222 g/mol. The van der Waals surface area contributed by atoms with Crippen molar-refractivity contribution in [2.45, 2.75) is 13.5 Å². The quantitative estimate of drug-likeness (QED) is 0.748. The van der Waals surface area contributed by atoms with Gasteiger partial charge in [-0.1, -0.05) is 10.4 Å². The normalized spacial score (nSPS) is 10.6. The summed E-state index contributed by atoms with van der Waals surface area (Å²) >= 11 is 0. The van der Waals surface area contributed by atoms with Gasteiger partial charge < -0.3 is 5.11 Å². The highest BCUT2D eigenvalue weighted by Crippen LogP contribution is 2.05. The molecule has 0 aliphatic carbocycles. The fourth-order valence-corrected chi connectivity index (χ4v) is 1.33. The summed E-state index contributed by atoms with van der Waals surface area (Å²) in [6, 6.07) is 0. The van der Waals surface area contributed by atoms with Crippen molar-refractivity contribution in [3.8, 4) is 0 Å². The molecule has 84 valence electrons. The van der Waals surface area contributed by atoms with Gasteiger partial charge in [0.2, 0.25) is 0 Å². The first-order valence-corrected chi connectivity index (χ1v) is 4.56. The fourth-order valence-electron chi connectivity index (χ4n) is 1.33. The number of carboxylic acid groups (broad SMARTS) is 1. The van der Waals surface area contributed by atoms with Crippen LogP contribution in [0.4, 0.5) is 0 Å². The Hall–Kier alpha value is -2.25. The molecule has 8 heteroatoms. The number of aryl methyl sites for hydroxylation is 1. The first kappa shape index (κ1) is 10.3. The second-order valence-corrected chi connectivity index (χ2v) is 3.37. The summed E-state index contributed by atoms with van der Waals surface area (Å²) in [5, 5.41) is 23.8. The Labute approximate surface area is 90.5 Å². The molecule has 0 bridgehead atoms. The topological polar surface area (TPSA) is 98.7 Å². The van der Waals surface area contributed by atoms with E-state index in [4.69, 9.17) is 5.11 Å². The predicted molar refractivity (Wildman–Crippen MR) is 51.8 cm³/mol. The fraction of sp³-hybridized carbons (Fsp3) is 0.375. The van der Waals surface area contributed by atoms with Crippen LogP contribution < -0.4 is 0 Å². The second-order valence-electron chi connectivity index (χ2n) is 3.37. The molecule has 2 rings (SSSR count). The zero-order valence-electron chi connectivity index (χ0n) is 8.82. The molecule has 0 spiro atoms. The standard InChI is InChI=1S/C8H10N6O2/c1-5-7(8(15)16)10-12-14(5)4-6-3-13(2)11-9-6/h3H,4H2,1-2H3,(H,15,16). The second kappa shape index (κ2) is 3.72. The van der Waals surface area contributed by atoms with Gasteiger partial charge in [-0.2, -0.15) is 0 Å². The largest absolute Gasteiger partial charge is 0.476 e. The molecule has 2 heterocycles. The third-order valence-corrected chi connectivity index (χ3v) is 2.15. The van der Waals surface area contributed by atoms with Gasteiger partial charge >= 0.3 is 5.97 Å². The van der Waals surface area contributed by atoms with Crippen LogP contribution in [0.25, 0.3) is 0 Å². The van der Waals surface area contributed by atoms with Crippen LogP contribution in [0, 0.1) is 6.92 Å². The van der Waals surface area contributed by atoms with Crippen LogP contribution in [0.3, 0.4) is 0 Å². The summed E-state index contributed by atoms with van der Waals surface area (Å²) < 4.78 is 3.05. The summed E-state index contributed by atoms with van der Waals surface area (Å²) in [5.74, 6) is -1.08. The van der Waals surface area contributed by atoms with Gasteiger partial charge in [-0.25, -0.2) is 9.48 Å². The molecule has 0 aliphatic rings. The number of aromatic carboxylic acids is 1. The summed E-state index contributed by atoms with van der Waals surface area (Å²) in [5.41, 5.74) is 1.16. The number of carbonyl (C=O) groups is 1. The molecular weight excluding hydrogens is 212 g/mol. The van der Waals surface area contributed by atoms with Crippen LogP contribution in [-0.2, 0) is 13.6 Å². The van der Waals surface area contributed by atoms with Crippen molar-refractivity contribution in [3.63, 3.8) is 0 Å². The van der Waals surface area contributed by atoms with Crippen molar-refractivity contribution in [3.05, 3.63) is 23.3 Å². The Morgan fingerprint density at radius 3 is 2.69 bits per heavy atom. The van der Waals surface area contributed by atoms with Gasteiger partial charge in [-0.15, -0.1) is 10.2 Å². The van der Waals surface area contributed by atoms with Gasteiger partial charge in [0.05, 0.1) is 12.2 Å². The Kier molecular flexibility index (Phi) is 2.39. The van der Waals surface area contributed by atoms with E-state index in [1.165, 1.54) is 4.68 Å². The molecule has 8 nitrogen and oxygen atoms in total. The minimum absolute atomic E-state index is 0.0381. The monoisotopic (exact) mass is 222 g/mol. The number of aromatic nitrogens is 6. The summed E-state index contributed by atoms with van der Waals surface area (Å²) in [4.78, 5) is 10.7. The van der Waals surface area contributed by atoms with Crippen LogP contribution in [0.5, 0.6) is 0 Å². The van der Waals surface area contributed by atoms with E-state index < -0.39 is 5.97 Å². The number of hydrogen-bond donors (Lipinski definition) is 1. The minimum atomic E-state index is -1.08. The average Bonchev–Trinajstić information content (AvgIpc) is 2.76. The maximum absolute atomic E-state index is 10.7. The van der Waals surface area contributed by atoms with E-state index >= 15 is 0 Å². The number of nitrogens with zero attached hydrogens (tertiary/aromatic N) is 6. The molecule has 0 aromatic carbocycles. The van der Waals surface area contributed by atoms with E-state index in [1.807, 2.05) is 0 Å². The number of hydrogen-bond acceptors (Lipinski definition) is 5. The highest BCUT2D eigenvalue weighted by atomic mass is 16.4. The van der Waals surface area contributed by atoms with Gasteiger partial charge in [0.1, 0.15) is 5.69 Å². The smallest absolute Gasteiger partial charge is 0.358 e. The molecule has 0 saturated heterocycles. The van der Waals surface area contributed by atoms with E-state index in [9.17, 15) is 4.79 Å². The lowest BCUT2D eigenvalue weighted by Gasteiger charge is -1.98. The molecule has 0 aliphatic heterocycles. The van der Waals surface area contributed by atoms with Crippen LogP contribution >= 0.6 is 0 Å². The van der Waals surface area contributed by atoms with Gasteiger partial charge in [-0.05, 0) is 6.92 Å². The van der Waals surface area contributed by atoms with Crippen molar-refractivity contribution >= 4 is 5.97 Å². The third-order valence-electron chi connectivity index (χ3n) is 2.15. The molecule has 0 fully saturated rings. The van der Waals surface area contributed by atoms with E-state index in [-0.39, 0.29) is 5.69 Å². The molecule has 0 atom stereocenters. The maximum Gasteiger partial charge on any atom is 0.358 e. The Balaban J connectivity index is 2.25. The van der Waals surface area contributed by atoms with Crippen molar-refractivity contribution in [1.29, 1.82) is 0 Å². The first-order valence-electron chi connectivity index (χ1n) is 4.56. The van der Waals surface area contributed by atoms with Crippen LogP contribution in [0.15, 0.2) is 6.20 Å². The zero-order valence-corrected chi connectivity index (χ0v) is 8.82. The molecule has 0 radical (unpaired) electrons. The lowest BCUT2D eigenvalue weighted by Crippen LogP contribution is -2.06. The summed E-state index contributed by atoms with van der Waals surface area (Å²) in [6.45, 7) is 2.01. The SMILES string of the molecule is Cc1c(C(=O)O)nnn1Cc1cn(C)nn1. The lowest BCUT2D eigenvalue weighted by molar-refractivity contribution is 0.0689. The van der Waals surface area contributed by atoms with Gasteiger partial charge in [-0.3, -0.25) is 4.68 Å². The zero-order chi connectivity index (χ0) is 11.7. The highest BCUT2D eigenvalue weighted by molar-refractivity contribution is 5.86. The van der Waals surface area contributed by atoms with Crippen molar-refractivity contribution in [1.82, 2.24) is 30.0 Å². The Morgan fingerprint density at radius 1 is 1.44 bits per heavy atom. The van der Waals surface area contributed by atoms with Crippen molar-refractivity contribution in [2.24, 2.45) is 7.05 Å². The summed E-state index contributed by atoms with van der Waals surface area (Å²) in [6.07, 6.45) is 1.74. The van der Waals surface area contributed by atoms with Crippen LogP contribution in [-0.4, -0.2) is 41.1 Å². The summed E-state index contributed by atoms with van der Waals surface area (Å²) in [7, 11) is 1.76. The third kappa shape index (κ3) is 1.76.